The Morgan fingerprint density at radius 2 is 2.02 bits per heavy atom. The monoisotopic (exact) mass is 680 g/mol. The number of phenolic OH excluding ortho intramolecular Hbond substituents is 1. The number of pyridine rings is 1. The standard InChI is InChI=1S/C31H30ClF5N6O4/c1-2-22(45)43-7-6-41(13-30(43)14-46-15-30)27-20-11-38-25(19-8-18(44)9-21(32)23(19)31(35,36)37)24(34)26(20)39-28(40-27)47-16-29-4-3-5-42(29)12-17(33)10-29/h2,8-9,11,17,44H,1,3-7,10,12-16H2/t17-,29+/m1/s1. The molecule has 250 valence electrons. The van der Waals surface area contributed by atoms with Crippen molar-refractivity contribution in [3.8, 4) is 23.0 Å². The van der Waals surface area contributed by atoms with E-state index in [-0.39, 0.29) is 81.1 Å². The summed E-state index contributed by atoms with van der Waals surface area (Å²) in [4.78, 5) is 31.2. The van der Waals surface area contributed by atoms with Gasteiger partial charge in [-0.2, -0.15) is 23.1 Å². The molecule has 2 aromatic heterocycles. The smallest absolute Gasteiger partial charge is 0.418 e. The van der Waals surface area contributed by atoms with Gasteiger partial charge in [0.25, 0.3) is 0 Å². The normalized spacial score (nSPS) is 24.1. The fourth-order valence-electron chi connectivity index (χ4n) is 7.43. The number of piperazine rings is 1. The van der Waals surface area contributed by atoms with Crippen LogP contribution >= 0.6 is 11.6 Å². The van der Waals surface area contributed by atoms with Gasteiger partial charge in [0, 0.05) is 44.4 Å². The van der Waals surface area contributed by atoms with Crippen molar-refractivity contribution >= 4 is 34.2 Å². The van der Waals surface area contributed by atoms with Crippen LogP contribution in [0.5, 0.6) is 11.8 Å². The number of aromatic hydroxyl groups is 1. The maximum absolute atomic E-state index is 16.5. The predicted octanol–water partition coefficient (Wildman–Crippen LogP) is 4.77. The second-order valence-corrected chi connectivity index (χ2v) is 13.0. The maximum Gasteiger partial charge on any atom is 0.418 e. The number of halogens is 6. The van der Waals surface area contributed by atoms with E-state index in [1.807, 2.05) is 9.80 Å². The highest BCUT2D eigenvalue weighted by molar-refractivity contribution is 6.32. The summed E-state index contributed by atoms with van der Waals surface area (Å²) in [6.45, 7) is 5.86. The summed E-state index contributed by atoms with van der Waals surface area (Å²) >= 11 is 5.88. The largest absolute Gasteiger partial charge is 0.508 e. The Bertz CT molecular complexity index is 1770. The van der Waals surface area contributed by atoms with E-state index in [1.165, 1.54) is 6.08 Å². The van der Waals surface area contributed by atoms with Crippen LogP contribution in [0, 0.1) is 5.82 Å². The van der Waals surface area contributed by atoms with Gasteiger partial charge >= 0.3 is 12.2 Å². The first-order valence-corrected chi connectivity index (χ1v) is 15.5. The zero-order chi connectivity index (χ0) is 33.3. The van der Waals surface area contributed by atoms with Crippen LogP contribution in [0.4, 0.5) is 27.8 Å². The van der Waals surface area contributed by atoms with Crippen LogP contribution in [0.15, 0.2) is 31.0 Å². The van der Waals surface area contributed by atoms with Crippen molar-refractivity contribution in [2.24, 2.45) is 0 Å². The molecule has 10 nitrogen and oxygen atoms in total. The number of alkyl halides is 4. The van der Waals surface area contributed by atoms with Gasteiger partial charge in [0.1, 0.15) is 41.1 Å². The number of amides is 1. The van der Waals surface area contributed by atoms with E-state index >= 15 is 4.39 Å². The van der Waals surface area contributed by atoms with E-state index < -0.39 is 56.8 Å². The first kappa shape index (κ1) is 31.8. The van der Waals surface area contributed by atoms with Crippen LogP contribution in [-0.2, 0) is 15.7 Å². The van der Waals surface area contributed by atoms with Gasteiger partial charge in [-0.05, 0) is 37.6 Å². The minimum atomic E-state index is -5.00. The Morgan fingerprint density at radius 3 is 2.72 bits per heavy atom. The molecule has 4 aliphatic heterocycles. The van der Waals surface area contributed by atoms with Gasteiger partial charge in [-0.3, -0.25) is 14.7 Å². The Balaban J connectivity index is 1.34. The summed E-state index contributed by atoms with van der Waals surface area (Å²) < 4.78 is 84.8. The quantitative estimate of drug-likeness (QED) is 0.291. The van der Waals surface area contributed by atoms with Gasteiger partial charge in [0.2, 0.25) is 5.91 Å². The molecule has 0 bridgehead atoms. The van der Waals surface area contributed by atoms with Crippen molar-refractivity contribution in [3.63, 3.8) is 0 Å². The van der Waals surface area contributed by atoms with Gasteiger partial charge in [-0.25, -0.2) is 8.78 Å². The van der Waals surface area contributed by atoms with Gasteiger partial charge in [-0.15, -0.1) is 0 Å². The molecule has 16 heteroatoms. The molecule has 1 amide bonds. The molecule has 1 N–H and O–H groups in total. The third kappa shape index (κ3) is 5.32. The summed E-state index contributed by atoms with van der Waals surface area (Å²) in [5.74, 6) is -1.90. The maximum atomic E-state index is 16.5. The van der Waals surface area contributed by atoms with Crippen molar-refractivity contribution in [1.82, 2.24) is 24.8 Å². The Hall–Kier alpha value is -3.82. The number of benzene rings is 1. The minimum Gasteiger partial charge on any atom is -0.508 e. The van der Waals surface area contributed by atoms with E-state index in [1.54, 1.807) is 4.90 Å². The number of phenols is 1. The predicted molar refractivity (Wildman–Crippen MR) is 161 cm³/mol. The molecule has 0 radical (unpaired) electrons. The van der Waals surface area contributed by atoms with Crippen LogP contribution in [0.3, 0.4) is 0 Å². The molecule has 6 heterocycles. The highest BCUT2D eigenvalue weighted by Crippen LogP contribution is 2.45. The SMILES string of the molecule is C=CC(=O)N1CCN(c2nc(OC[C@@]34CCCN3C[C@H](F)C4)nc3c(F)c(-c4cc(O)cc(Cl)c4C(F)(F)F)ncc23)CC12COC2. The summed E-state index contributed by atoms with van der Waals surface area (Å²) in [5.41, 5.74) is -4.54. The van der Waals surface area contributed by atoms with Crippen molar-refractivity contribution in [2.75, 3.05) is 57.4 Å². The number of carbonyl (C=O) groups excluding carboxylic acids is 1. The number of ether oxygens (including phenoxy) is 2. The van der Waals surface area contributed by atoms with Gasteiger partial charge in [0.15, 0.2) is 5.82 Å². The number of anilines is 1. The van der Waals surface area contributed by atoms with Crippen LogP contribution < -0.4 is 9.64 Å². The molecule has 3 aromatic rings. The fourth-order valence-corrected chi connectivity index (χ4v) is 7.75. The first-order valence-electron chi connectivity index (χ1n) is 15.1. The lowest BCUT2D eigenvalue weighted by molar-refractivity contribution is -0.164. The van der Waals surface area contributed by atoms with Crippen molar-refractivity contribution in [2.45, 2.75) is 42.7 Å². The van der Waals surface area contributed by atoms with E-state index in [9.17, 15) is 27.5 Å². The molecule has 0 aliphatic carbocycles. The second-order valence-electron chi connectivity index (χ2n) is 12.6. The third-order valence-electron chi connectivity index (χ3n) is 9.62. The molecule has 1 aromatic carbocycles. The van der Waals surface area contributed by atoms with Gasteiger partial charge in [-0.1, -0.05) is 18.2 Å². The summed E-state index contributed by atoms with van der Waals surface area (Å²) in [7, 11) is 0. The van der Waals surface area contributed by atoms with E-state index in [0.717, 1.165) is 18.7 Å². The zero-order valence-electron chi connectivity index (χ0n) is 25.0. The molecule has 0 saturated carbocycles. The van der Waals surface area contributed by atoms with Gasteiger partial charge in [0.05, 0.1) is 34.7 Å². The molecule has 2 atom stereocenters. The minimum absolute atomic E-state index is 0.0255. The number of hydrogen-bond acceptors (Lipinski definition) is 9. The second kappa shape index (κ2) is 11.4. The highest BCUT2D eigenvalue weighted by Gasteiger charge is 2.51. The molecule has 47 heavy (non-hydrogen) atoms. The lowest BCUT2D eigenvalue weighted by Gasteiger charge is -2.55. The average molecular weight is 681 g/mol. The molecule has 4 saturated heterocycles. The average Bonchev–Trinajstić information content (AvgIpc) is 3.53. The molecular formula is C31H30ClF5N6O4. The van der Waals surface area contributed by atoms with Crippen LogP contribution in [-0.4, -0.2) is 106 Å². The van der Waals surface area contributed by atoms with E-state index in [2.05, 4.69) is 21.5 Å². The van der Waals surface area contributed by atoms with Crippen molar-refractivity contribution in [3.05, 3.63) is 47.4 Å². The lowest BCUT2D eigenvalue weighted by atomic mass is 9.91. The number of nitrogens with zero attached hydrogens (tertiary/aromatic N) is 6. The van der Waals surface area contributed by atoms with Gasteiger partial charge < -0.3 is 24.4 Å². The highest BCUT2D eigenvalue weighted by atomic mass is 35.5. The number of carbonyl (C=O) groups is 1. The molecule has 4 aliphatic rings. The molecular weight excluding hydrogens is 651 g/mol. The van der Waals surface area contributed by atoms with Crippen LogP contribution in [0.25, 0.3) is 22.2 Å². The zero-order valence-corrected chi connectivity index (χ0v) is 25.8. The number of rotatable bonds is 6. The topological polar surface area (TPSA) is 104 Å². The van der Waals surface area contributed by atoms with Crippen LogP contribution in [0.2, 0.25) is 5.02 Å². The van der Waals surface area contributed by atoms with E-state index in [0.29, 0.717) is 19.0 Å². The summed E-state index contributed by atoms with van der Waals surface area (Å²) in [5, 5.41) is 9.36. The lowest BCUT2D eigenvalue weighted by Crippen LogP contribution is -2.72. The molecule has 0 unspecified atom stereocenters. The fraction of sp³-hybridized carbons (Fsp3) is 0.484. The van der Waals surface area contributed by atoms with Crippen molar-refractivity contribution in [1.29, 1.82) is 0 Å². The van der Waals surface area contributed by atoms with Crippen molar-refractivity contribution < 1.29 is 41.3 Å². The Kier molecular flexibility index (Phi) is 7.71. The molecule has 4 fully saturated rings. The molecule has 1 spiro atoms. The number of hydrogen-bond donors (Lipinski definition) is 1. The number of aromatic nitrogens is 3. The summed E-state index contributed by atoms with van der Waals surface area (Å²) in [6, 6.07) is 1.20. The Morgan fingerprint density at radius 1 is 1.23 bits per heavy atom. The third-order valence-corrected chi connectivity index (χ3v) is 9.92. The van der Waals surface area contributed by atoms with E-state index in [4.69, 9.17) is 21.1 Å². The summed E-state index contributed by atoms with van der Waals surface area (Å²) in [6.07, 6.45) is -1.83. The number of fused-ring (bicyclic) bond motifs is 2. The van der Waals surface area contributed by atoms with Crippen LogP contribution in [0.1, 0.15) is 24.8 Å². The Labute approximate surface area is 270 Å². The molecule has 7 rings (SSSR count). The first-order chi connectivity index (χ1) is 22.3.